The van der Waals surface area contributed by atoms with Crippen LogP contribution in [0.4, 0.5) is 0 Å². The highest BCUT2D eigenvalue weighted by Gasteiger charge is 2.54. The lowest BCUT2D eigenvalue weighted by atomic mass is 9.49. The van der Waals surface area contributed by atoms with Crippen molar-refractivity contribution in [3.63, 3.8) is 0 Å². The third-order valence-corrected chi connectivity index (χ3v) is 6.69. The summed E-state index contributed by atoms with van der Waals surface area (Å²) >= 11 is 0. The number of methoxy groups -OCH3 is 1. The Bertz CT molecular complexity index is 734. The van der Waals surface area contributed by atoms with E-state index in [1.165, 1.54) is 26.4 Å². The number of esters is 2. The molecule has 0 heterocycles. The number of ether oxygens (including phenoxy) is 2. The van der Waals surface area contributed by atoms with Gasteiger partial charge >= 0.3 is 11.9 Å². The van der Waals surface area contributed by atoms with Crippen molar-refractivity contribution in [3.05, 3.63) is 35.4 Å². The van der Waals surface area contributed by atoms with E-state index in [0.717, 1.165) is 24.8 Å². The first-order valence-corrected chi connectivity index (χ1v) is 10.1. The van der Waals surface area contributed by atoms with Gasteiger partial charge in [-0.25, -0.2) is 4.79 Å². The molecule has 0 spiro atoms. The monoisotopic (exact) mass is 385 g/mol. The van der Waals surface area contributed by atoms with E-state index in [1.54, 1.807) is 24.3 Å². The molecule has 1 N–H and O–H groups in total. The largest absolute Gasteiger partial charge is 0.465 e. The molecular formula is C22H27NO5. The van der Waals surface area contributed by atoms with Crippen LogP contribution < -0.4 is 5.32 Å². The molecule has 0 atom stereocenters. The van der Waals surface area contributed by atoms with E-state index in [1.807, 2.05) is 0 Å². The van der Waals surface area contributed by atoms with E-state index in [-0.39, 0.29) is 24.5 Å². The second kappa shape index (κ2) is 7.57. The highest BCUT2D eigenvalue weighted by atomic mass is 16.5. The SMILES string of the molecule is COC(=O)c1ccc(COC(=O)CNC(=O)C23CC4CC(CC(C4)C2)C3)cc1. The summed E-state index contributed by atoms with van der Waals surface area (Å²) in [6.45, 7) is 0.00828. The smallest absolute Gasteiger partial charge is 0.337 e. The zero-order valence-corrected chi connectivity index (χ0v) is 16.2. The quantitative estimate of drug-likeness (QED) is 0.762. The number of benzene rings is 1. The summed E-state index contributed by atoms with van der Waals surface area (Å²) in [6, 6.07) is 6.69. The van der Waals surface area contributed by atoms with Crippen LogP contribution in [0.5, 0.6) is 0 Å². The van der Waals surface area contributed by atoms with Gasteiger partial charge in [0.25, 0.3) is 0 Å². The fourth-order valence-corrected chi connectivity index (χ4v) is 5.80. The summed E-state index contributed by atoms with van der Waals surface area (Å²) in [5, 5.41) is 2.83. The fourth-order valence-electron chi connectivity index (χ4n) is 5.80. The lowest BCUT2D eigenvalue weighted by molar-refractivity contribution is -0.151. The van der Waals surface area contributed by atoms with Gasteiger partial charge in [0.05, 0.1) is 12.7 Å². The second-order valence-electron chi connectivity index (χ2n) is 8.73. The number of rotatable bonds is 6. The Labute approximate surface area is 165 Å². The Balaban J connectivity index is 1.25. The fraction of sp³-hybridized carbons (Fsp3) is 0.591. The predicted octanol–water partition coefficient (Wildman–Crippen LogP) is 2.85. The summed E-state index contributed by atoms with van der Waals surface area (Å²) in [7, 11) is 1.33. The number of nitrogens with one attached hydrogen (secondary N) is 1. The lowest BCUT2D eigenvalue weighted by Gasteiger charge is -2.55. The van der Waals surface area contributed by atoms with E-state index in [9.17, 15) is 14.4 Å². The molecule has 28 heavy (non-hydrogen) atoms. The van der Waals surface area contributed by atoms with Crippen molar-refractivity contribution >= 4 is 17.8 Å². The molecule has 6 nitrogen and oxygen atoms in total. The maximum atomic E-state index is 12.8. The van der Waals surface area contributed by atoms with Crippen molar-refractivity contribution in [2.45, 2.75) is 45.1 Å². The molecule has 4 saturated carbocycles. The molecule has 4 aliphatic rings. The van der Waals surface area contributed by atoms with Crippen LogP contribution in [0.3, 0.4) is 0 Å². The molecule has 4 bridgehead atoms. The highest BCUT2D eigenvalue weighted by molar-refractivity contribution is 5.89. The number of amides is 1. The lowest BCUT2D eigenvalue weighted by Crippen LogP contribution is -2.54. The van der Waals surface area contributed by atoms with Crippen molar-refractivity contribution in [2.24, 2.45) is 23.2 Å². The summed E-state index contributed by atoms with van der Waals surface area (Å²) in [6.07, 6.45) is 6.78. The number of carbonyl (C=O) groups is 3. The summed E-state index contributed by atoms with van der Waals surface area (Å²) in [5.74, 6) is 1.25. The van der Waals surface area contributed by atoms with Crippen molar-refractivity contribution < 1.29 is 23.9 Å². The van der Waals surface area contributed by atoms with Crippen molar-refractivity contribution in [1.29, 1.82) is 0 Å². The van der Waals surface area contributed by atoms with E-state index in [2.05, 4.69) is 10.1 Å². The third-order valence-electron chi connectivity index (χ3n) is 6.69. The maximum Gasteiger partial charge on any atom is 0.337 e. The molecule has 0 aliphatic heterocycles. The molecule has 1 amide bonds. The van der Waals surface area contributed by atoms with E-state index in [0.29, 0.717) is 23.3 Å². The zero-order chi connectivity index (χ0) is 19.7. The van der Waals surface area contributed by atoms with Crippen LogP contribution >= 0.6 is 0 Å². The molecule has 0 radical (unpaired) electrons. The predicted molar refractivity (Wildman–Crippen MR) is 101 cm³/mol. The van der Waals surface area contributed by atoms with Gasteiger partial charge in [-0.3, -0.25) is 9.59 Å². The first kappa shape index (κ1) is 19.0. The van der Waals surface area contributed by atoms with Gasteiger partial charge in [0.1, 0.15) is 13.2 Å². The van der Waals surface area contributed by atoms with Gasteiger partial charge < -0.3 is 14.8 Å². The Hall–Kier alpha value is -2.37. The number of hydrogen-bond donors (Lipinski definition) is 1. The van der Waals surface area contributed by atoms with Crippen LogP contribution in [-0.2, 0) is 25.7 Å². The van der Waals surface area contributed by atoms with Crippen LogP contribution in [-0.4, -0.2) is 31.5 Å². The first-order chi connectivity index (χ1) is 13.5. The normalized spacial score (nSPS) is 30.0. The second-order valence-corrected chi connectivity index (χ2v) is 8.73. The van der Waals surface area contributed by atoms with Gasteiger partial charge in [0.15, 0.2) is 0 Å². The zero-order valence-electron chi connectivity index (χ0n) is 16.2. The Morgan fingerprint density at radius 3 is 2.11 bits per heavy atom. The average molecular weight is 385 g/mol. The third kappa shape index (κ3) is 3.77. The highest BCUT2D eigenvalue weighted by Crippen LogP contribution is 2.60. The van der Waals surface area contributed by atoms with Crippen LogP contribution in [0.2, 0.25) is 0 Å². The van der Waals surface area contributed by atoms with Gasteiger partial charge in [-0.2, -0.15) is 0 Å². The Kier molecular flexibility index (Phi) is 5.13. The topological polar surface area (TPSA) is 81.7 Å². The molecule has 1 aromatic carbocycles. The molecular weight excluding hydrogens is 358 g/mol. The minimum Gasteiger partial charge on any atom is -0.465 e. The van der Waals surface area contributed by atoms with Gasteiger partial charge in [0.2, 0.25) is 5.91 Å². The minimum atomic E-state index is -0.449. The summed E-state index contributed by atoms with van der Waals surface area (Å²) in [4.78, 5) is 36.3. The van der Waals surface area contributed by atoms with Crippen molar-refractivity contribution in [2.75, 3.05) is 13.7 Å². The minimum absolute atomic E-state index is 0.0333. The molecule has 0 aromatic heterocycles. The molecule has 5 rings (SSSR count). The molecule has 1 aromatic rings. The Morgan fingerprint density at radius 1 is 1.00 bits per heavy atom. The summed E-state index contributed by atoms with van der Waals surface area (Å²) < 4.78 is 9.91. The van der Waals surface area contributed by atoms with Gasteiger partial charge in [-0.05, 0) is 74.0 Å². The molecule has 0 saturated heterocycles. The van der Waals surface area contributed by atoms with E-state index >= 15 is 0 Å². The molecule has 150 valence electrons. The van der Waals surface area contributed by atoms with Gasteiger partial charge in [-0.15, -0.1) is 0 Å². The van der Waals surface area contributed by atoms with Crippen molar-refractivity contribution in [3.8, 4) is 0 Å². The van der Waals surface area contributed by atoms with Gasteiger partial charge in [0, 0.05) is 5.41 Å². The Morgan fingerprint density at radius 2 is 1.57 bits per heavy atom. The average Bonchev–Trinajstić information content (AvgIpc) is 2.69. The van der Waals surface area contributed by atoms with Crippen LogP contribution in [0.25, 0.3) is 0 Å². The van der Waals surface area contributed by atoms with Crippen LogP contribution in [0.15, 0.2) is 24.3 Å². The number of hydrogen-bond acceptors (Lipinski definition) is 5. The molecule has 4 aliphatic carbocycles. The molecule has 0 unspecified atom stereocenters. The molecule has 4 fully saturated rings. The maximum absolute atomic E-state index is 12.8. The van der Waals surface area contributed by atoms with Crippen LogP contribution in [0.1, 0.15) is 54.4 Å². The van der Waals surface area contributed by atoms with Crippen molar-refractivity contribution in [1.82, 2.24) is 5.32 Å². The van der Waals surface area contributed by atoms with E-state index < -0.39 is 11.9 Å². The first-order valence-electron chi connectivity index (χ1n) is 10.1. The van der Waals surface area contributed by atoms with Crippen LogP contribution in [0, 0.1) is 23.2 Å². The standard InChI is InChI=1S/C22H27NO5/c1-27-20(25)18-4-2-14(3-5-18)13-28-19(24)12-23-21(26)22-9-15-6-16(10-22)8-17(7-15)11-22/h2-5,15-17H,6-13H2,1H3,(H,23,26). The molecule has 6 heteroatoms. The summed E-state index contributed by atoms with van der Waals surface area (Å²) in [5.41, 5.74) is 0.965. The van der Waals surface area contributed by atoms with E-state index in [4.69, 9.17) is 4.74 Å². The van der Waals surface area contributed by atoms with Gasteiger partial charge in [-0.1, -0.05) is 12.1 Å². The number of carbonyl (C=O) groups excluding carboxylic acids is 3.